The highest BCUT2D eigenvalue weighted by molar-refractivity contribution is 5.60. The summed E-state index contributed by atoms with van der Waals surface area (Å²) in [5, 5.41) is 0. The Bertz CT molecular complexity index is 219. The van der Waals surface area contributed by atoms with Gasteiger partial charge < -0.3 is 0 Å². The molecule has 1 aliphatic heterocycles. The molecule has 11 heavy (non-hydrogen) atoms. The Morgan fingerprint density at radius 2 is 2.09 bits per heavy atom. The van der Waals surface area contributed by atoms with Crippen LogP contribution in [0.1, 0.15) is 19.8 Å². The highest BCUT2D eigenvalue weighted by Crippen LogP contribution is 2.01. The standard InChI is InChI=1S/C10H13N/c1-10-7-5-3-2-4-6-8-11-9-10/h2-5,8-9H,6-7H2,1H3/b4-2-,5-3-,10-9-,11-8-. The van der Waals surface area contributed by atoms with Crippen molar-refractivity contribution in [3.8, 4) is 0 Å². The summed E-state index contributed by atoms with van der Waals surface area (Å²) in [6.45, 7) is 2.09. The topological polar surface area (TPSA) is 12.4 Å². The van der Waals surface area contributed by atoms with Crippen molar-refractivity contribution in [2.45, 2.75) is 19.8 Å². The summed E-state index contributed by atoms with van der Waals surface area (Å²) >= 11 is 0. The molecular weight excluding hydrogens is 134 g/mol. The van der Waals surface area contributed by atoms with E-state index in [0.29, 0.717) is 0 Å². The molecule has 1 aliphatic rings. The van der Waals surface area contributed by atoms with E-state index >= 15 is 0 Å². The van der Waals surface area contributed by atoms with E-state index in [-0.39, 0.29) is 0 Å². The summed E-state index contributed by atoms with van der Waals surface area (Å²) in [4.78, 5) is 4.14. The minimum Gasteiger partial charge on any atom is -0.269 e. The molecule has 0 fully saturated rings. The van der Waals surface area contributed by atoms with Crippen LogP contribution in [0.15, 0.2) is 41.1 Å². The predicted molar refractivity (Wildman–Crippen MR) is 49.8 cm³/mol. The lowest BCUT2D eigenvalue weighted by atomic mass is 10.2. The zero-order valence-electron chi connectivity index (χ0n) is 6.83. The Labute approximate surface area is 67.8 Å². The van der Waals surface area contributed by atoms with Crippen molar-refractivity contribution in [1.82, 2.24) is 0 Å². The zero-order chi connectivity index (χ0) is 7.94. The van der Waals surface area contributed by atoms with Gasteiger partial charge in [-0.3, -0.25) is 4.99 Å². The molecule has 0 radical (unpaired) electrons. The number of hydrogen-bond donors (Lipinski definition) is 0. The normalized spacial score (nSPS) is 31.5. The molecule has 1 nitrogen and oxygen atoms in total. The van der Waals surface area contributed by atoms with Gasteiger partial charge in [-0.15, -0.1) is 0 Å². The molecule has 0 aliphatic carbocycles. The van der Waals surface area contributed by atoms with Crippen molar-refractivity contribution in [3.63, 3.8) is 0 Å². The molecule has 1 rings (SSSR count). The van der Waals surface area contributed by atoms with Crippen LogP contribution in [-0.4, -0.2) is 6.21 Å². The van der Waals surface area contributed by atoms with Crippen LogP contribution in [0.4, 0.5) is 0 Å². The zero-order valence-corrected chi connectivity index (χ0v) is 6.83. The van der Waals surface area contributed by atoms with E-state index in [4.69, 9.17) is 0 Å². The number of aliphatic imine (C=N–C) groups is 1. The molecular formula is C10H13N. The van der Waals surface area contributed by atoms with E-state index in [1.807, 2.05) is 12.4 Å². The van der Waals surface area contributed by atoms with E-state index in [1.54, 1.807) is 0 Å². The molecule has 0 bridgehead atoms. The van der Waals surface area contributed by atoms with Crippen molar-refractivity contribution >= 4 is 6.21 Å². The fourth-order valence-electron chi connectivity index (χ4n) is 0.844. The Kier molecular flexibility index (Phi) is 3.39. The second-order valence-electron chi connectivity index (χ2n) is 2.60. The van der Waals surface area contributed by atoms with Crippen molar-refractivity contribution in [2.24, 2.45) is 4.99 Å². The van der Waals surface area contributed by atoms with E-state index in [2.05, 4.69) is 36.2 Å². The first-order valence-corrected chi connectivity index (χ1v) is 3.88. The number of hydrogen-bond acceptors (Lipinski definition) is 1. The van der Waals surface area contributed by atoms with Crippen LogP contribution in [0.3, 0.4) is 0 Å². The smallest absolute Gasteiger partial charge is 0.0256 e. The van der Waals surface area contributed by atoms with Crippen LogP contribution in [0.2, 0.25) is 0 Å². The van der Waals surface area contributed by atoms with Crippen LogP contribution in [0.5, 0.6) is 0 Å². The summed E-state index contributed by atoms with van der Waals surface area (Å²) < 4.78 is 0. The quantitative estimate of drug-likeness (QED) is 0.499. The fraction of sp³-hybridized carbons (Fsp3) is 0.300. The summed E-state index contributed by atoms with van der Waals surface area (Å²) in [6.07, 6.45) is 14.1. The average molecular weight is 147 g/mol. The van der Waals surface area contributed by atoms with Gasteiger partial charge in [-0.1, -0.05) is 29.9 Å². The molecule has 1 heteroatoms. The molecule has 0 spiro atoms. The van der Waals surface area contributed by atoms with Gasteiger partial charge in [0, 0.05) is 18.8 Å². The molecule has 0 aromatic rings. The van der Waals surface area contributed by atoms with Crippen molar-refractivity contribution in [3.05, 3.63) is 36.1 Å². The lowest BCUT2D eigenvalue weighted by molar-refractivity contribution is 1.18. The molecule has 0 aromatic heterocycles. The van der Waals surface area contributed by atoms with Gasteiger partial charge in [0.25, 0.3) is 0 Å². The van der Waals surface area contributed by atoms with Gasteiger partial charge in [-0.2, -0.15) is 0 Å². The first-order chi connectivity index (χ1) is 5.39. The minimum absolute atomic E-state index is 0.925. The van der Waals surface area contributed by atoms with Gasteiger partial charge in [0.1, 0.15) is 0 Å². The Hall–Kier alpha value is -1.11. The van der Waals surface area contributed by atoms with Crippen LogP contribution >= 0.6 is 0 Å². The van der Waals surface area contributed by atoms with Crippen molar-refractivity contribution in [2.75, 3.05) is 0 Å². The van der Waals surface area contributed by atoms with E-state index in [1.165, 1.54) is 5.57 Å². The number of rotatable bonds is 0. The maximum Gasteiger partial charge on any atom is 0.0256 e. The molecule has 1 heterocycles. The van der Waals surface area contributed by atoms with Gasteiger partial charge in [-0.05, 0) is 13.3 Å². The second kappa shape index (κ2) is 4.67. The maximum absolute atomic E-state index is 4.14. The fourth-order valence-corrected chi connectivity index (χ4v) is 0.844. The monoisotopic (exact) mass is 147 g/mol. The first kappa shape index (κ1) is 7.99. The van der Waals surface area contributed by atoms with Crippen LogP contribution in [0, 0.1) is 0 Å². The van der Waals surface area contributed by atoms with Crippen LogP contribution in [-0.2, 0) is 0 Å². The highest BCUT2D eigenvalue weighted by atomic mass is 14.7. The largest absolute Gasteiger partial charge is 0.269 e. The molecule has 0 saturated carbocycles. The van der Waals surface area contributed by atoms with Crippen LogP contribution in [0.25, 0.3) is 0 Å². The molecule has 0 N–H and O–H groups in total. The Morgan fingerprint density at radius 1 is 1.27 bits per heavy atom. The number of allylic oxidation sites excluding steroid dienone is 5. The minimum atomic E-state index is 0.925. The average Bonchev–Trinajstić information content (AvgIpc) is 2.03. The highest BCUT2D eigenvalue weighted by Gasteiger charge is 1.83. The Morgan fingerprint density at radius 3 is 3.00 bits per heavy atom. The van der Waals surface area contributed by atoms with Gasteiger partial charge in [-0.25, -0.2) is 0 Å². The lowest BCUT2D eigenvalue weighted by Crippen LogP contribution is -1.75. The summed E-state index contributed by atoms with van der Waals surface area (Å²) in [5.41, 5.74) is 1.30. The van der Waals surface area contributed by atoms with Crippen LogP contribution < -0.4 is 0 Å². The predicted octanol–water partition coefficient (Wildman–Crippen LogP) is 2.87. The third-order valence-corrected chi connectivity index (χ3v) is 1.46. The summed E-state index contributed by atoms with van der Waals surface area (Å²) in [7, 11) is 0. The molecule has 58 valence electrons. The Balaban J connectivity index is 2.62. The molecule has 0 saturated heterocycles. The summed E-state index contributed by atoms with van der Waals surface area (Å²) in [6, 6.07) is 0. The van der Waals surface area contributed by atoms with Gasteiger partial charge >= 0.3 is 0 Å². The second-order valence-corrected chi connectivity index (χ2v) is 2.60. The third-order valence-electron chi connectivity index (χ3n) is 1.46. The van der Waals surface area contributed by atoms with Gasteiger partial charge in [0.2, 0.25) is 0 Å². The SMILES string of the molecule is C/C1=C/N=C\C/C=C\C=C/C1. The molecule has 0 unspecified atom stereocenters. The molecule has 0 amide bonds. The number of nitrogens with zero attached hydrogens (tertiary/aromatic N) is 1. The van der Waals surface area contributed by atoms with Crippen molar-refractivity contribution in [1.29, 1.82) is 0 Å². The first-order valence-electron chi connectivity index (χ1n) is 3.88. The van der Waals surface area contributed by atoms with E-state index in [9.17, 15) is 0 Å². The van der Waals surface area contributed by atoms with Gasteiger partial charge in [0.15, 0.2) is 0 Å². The molecule has 0 aromatic carbocycles. The third kappa shape index (κ3) is 3.56. The van der Waals surface area contributed by atoms with Crippen molar-refractivity contribution < 1.29 is 0 Å². The van der Waals surface area contributed by atoms with Gasteiger partial charge in [0.05, 0.1) is 0 Å². The lowest BCUT2D eigenvalue weighted by Gasteiger charge is -1.92. The summed E-state index contributed by atoms with van der Waals surface area (Å²) in [5.74, 6) is 0. The van der Waals surface area contributed by atoms with E-state index in [0.717, 1.165) is 12.8 Å². The molecule has 0 atom stereocenters. The maximum atomic E-state index is 4.14. The van der Waals surface area contributed by atoms with E-state index < -0.39 is 0 Å².